The molecule has 5 nitrogen and oxygen atoms in total. The number of carbonyl (C=O) groups excluding carboxylic acids is 1. The van der Waals surface area contributed by atoms with Crippen molar-refractivity contribution in [1.29, 1.82) is 0 Å². The largest absolute Gasteiger partial charge is 0.469 e. The predicted octanol–water partition coefficient (Wildman–Crippen LogP) is 1.93. The van der Waals surface area contributed by atoms with Gasteiger partial charge in [0, 0.05) is 12.3 Å². The van der Waals surface area contributed by atoms with Crippen molar-refractivity contribution in [2.45, 2.75) is 18.4 Å². The standard InChI is InChI=1S/C16H16FN3O2/c1-11-18-9-6-15(19-11)22-10-14(21)20-16(7-8-16)12-2-4-13(17)5-3-12/h2-6,9,19H,1,7-8,10H2,(H,20,21). The van der Waals surface area contributed by atoms with Gasteiger partial charge in [0.05, 0.1) is 5.54 Å². The Hall–Kier alpha value is -2.63. The van der Waals surface area contributed by atoms with Crippen LogP contribution in [0.25, 0.3) is 0 Å². The monoisotopic (exact) mass is 301 g/mol. The quantitative estimate of drug-likeness (QED) is 0.873. The number of nitrogens with zero attached hydrogens (tertiary/aromatic N) is 1. The van der Waals surface area contributed by atoms with Crippen LogP contribution in [-0.4, -0.2) is 18.7 Å². The van der Waals surface area contributed by atoms with Gasteiger partial charge in [0.25, 0.3) is 5.91 Å². The Morgan fingerprint density at radius 1 is 1.41 bits per heavy atom. The van der Waals surface area contributed by atoms with Gasteiger partial charge in [0.15, 0.2) is 12.5 Å². The van der Waals surface area contributed by atoms with Crippen LogP contribution in [0.15, 0.2) is 53.6 Å². The SMILES string of the molecule is C=C1N=CC=C(OCC(=O)NC2(c3ccc(F)cc3)CC2)N1. The molecule has 1 fully saturated rings. The highest BCUT2D eigenvalue weighted by molar-refractivity contribution is 5.79. The molecule has 0 radical (unpaired) electrons. The average Bonchev–Trinajstić information content (AvgIpc) is 3.27. The van der Waals surface area contributed by atoms with Crippen LogP contribution in [0.3, 0.4) is 0 Å². The number of hydrogen-bond donors (Lipinski definition) is 2. The minimum atomic E-state index is -0.381. The molecular formula is C16H16FN3O2. The summed E-state index contributed by atoms with van der Waals surface area (Å²) in [6.07, 6.45) is 4.85. The first kappa shape index (κ1) is 14.3. The fraction of sp³-hybridized carbons (Fsp3) is 0.250. The van der Waals surface area contributed by atoms with Crippen molar-refractivity contribution in [3.05, 3.63) is 60.0 Å². The van der Waals surface area contributed by atoms with Gasteiger partial charge in [-0.2, -0.15) is 0 Å². The number of ether oxygens (including phenoxy) is 1. The lowest BCUT2D eigenvalue weighted by atomic mass is 10.1. The highest BCUT2D eigenvalue weighted by Crippen LogP contribution is 2.45. The fourth-order valence-electron chi connectivity index (χ4n) is 2.32. The van der Waals surface area contributed by atoms with Crippen LogP contribution < -0.4 is 10.6 Å². The zero-order chi connectivity index (χ0) is 15.6. The molecule has 0 bridgehead atoms. The Labute approximate surface area is 127 Å². The molecule has 0 spiro atoms. The lowest BCUT2D eigenvalue weighted by molar-refractivity contribution is -0.125. The molecule has 6 heteroatoms. The summed E-state index contributed by atoms with van der Waals surface area (Å²) in [5, 5.41) is 5.77. The molecule has 1 saturated carbocycles. The van der Waals surface area contributed by atoms with Crippen molar-refractivity contribution in [3.8, 4) is 0 Å². The lowest BCUT2D eigenvalue weighted by Gasteiger charge is -2.19. The van der Waals surface area contributed by atoms with Crippen molar-refractivity contribution in [3.63, 3.8) is 0 Å². The fourth-order valence-corrected chi connectivity index (χ4v) is 2.32. The summed E-state index contributed by atoms with van der Waals surface area (Å²) < 4.78 is 18.3. The van der Waals surface area contributed by atoms with Gasteiger partial charge in [-0.05, 0) is 30.5 Å². The second-order valence-electron chi connectivity index (χ2n) is 5.31. The topological polar surface area (TPSA) is 62.7 Å². The van der Waals surface area contributed by atoms with E-state index in [0.29, 0.717) is 11.7 Å². The number of benzene rings is 1. The third-order valence-electron chi connectivity index (χ3n) is 3.61. The summed E-state index contributed by atoms with van der Waals surface area (Å²) in [5.74, 6) is 0.383. The average molecular weight is 301 g/mol. The predicted molar refractivity (Wildman–Crippen MR) is 80.3 cm³/mol. The number of aliphatic imine (C=N–C) groups is 1. The molecule has 0 unspecified atom stereocenters. The van der Waals surface area contributed by atoms with Crippen LogP contribution in [0.2, 0.25) is 0 Å². The van der Waals surface area contributed by atoms with Crippen LogP contribution in [0.5, 0.6) is 0 Å². The van der Waals surface area contributed by atoms with Crippen molar-refractivity contribution in [2.24, 2.45) is 4.99 Å². The van der Waals surface area contributed by atoms with E-state index in [2.05, 4.69) is 22.2 Å². The van der Waals surface area contributed by atoms with E-state index in [0.717, 1.165) is 18.4 Å². The van der Waals surface area contributed by atoms with E-state index in [1.54, 1.807) is 24.4 Å². The van der Waals surface area contributed by atoms with Crippen LogP contribution >= 0.6 is 0 Å². The molecule has 1 aliphatic heterocycles. The Morgan fingerprint density at radius 2 is 2.14 bits per heavy atom. The highest BCUT2D eigenvalue weighted by Gasteiger charge is 2.45. The van der Waals surface area contributed by atoms with E-state index in [9.17, 15) is 9.18 Å². The molecule has 3 rings (SSSR count). The van der Waals surface area contributed by atoms with E-state index in [4.69, 9.17) is 4.74 Å². The highest BCUT2D eigenvalue weighted by atomic mass is 19.1. The van der Waals surface area contributed by atoms with Crippen molar-refractivity contribution in [1.82, 2.24) is 10.6 Å². The molecule has 2 N–H and O–H groups in total. The maximum Gasteiger partial charge on any atom is 0.258 e. The molecular weight excluding hydrogens is 285 g/mol. The summed E-state index contributed by atoms with van der Waals surface area (Å²) in [4.78, 5) is 15.9. The molecule has 22 heavy (non-hydrogen) atoms. The Kier molecular flexibility index (Phi) is 3.66. The van der Waals surface area contributed by atoms with E-state index >= 15 is 0 Å². The van der Waals surface area contributed by atoms with Crippen molar-refractivity contribution >= 4 is 12.1 Å². The van der Waals surface area contributed by atoms with Crippen molar-refractivity contribution < 1.29 is 13.9 Å². The minimum absolute atomic E-state index is 0.108. The number of hydrogen-bond acceptors (Lipinski definition) is 4. The molecule has 1 aliphatic carbocycles. The first-order valence-corrected chi connectivity index (χ1v) is 6.98. The zero-order valence-electron chi connectivity index (χ0n) is 11.9. The summed E-state index contributed by atoms with van der Waals surface area (Å²) >= 11 is 0. The molecule has 1 amide bonds. The number of nitrogens with one attached hydrogen (secondary N) is 2. The number of rotatable bonds is 5. The van der Waals surface area contributed by atoms with Gasteiger partial charge in [-0.15, -0.1) is 0 Å². The van der Waals surface area contributed by atoms with Crippen LogP contribution in [0.1, 0.15) is 18.4 Å². The van der Waals surface area contributed by atoms with E-state index in [1.165, 1.54) is 12.1 Å². The van der Waals surface area contributed by atoms with Crippen molar-refractivity contribution in [2.75, 3.05) is 6.61 Å². The Bertz CT molecular complexity index is 660. The lowest BCUT2D eigenvalue weighted by Crippen LogP contribution is -2.37. The number of carbonyl (C=O) groups is 1. The molecule has 1 heterocycles. The van der Waals surface area contributed by atoms with Gasteiger partial charge in [-0.25, -0.2) is 9.38 Å². The number of allylic oxidation sites excluding steroid dienone is 1. The first-order valence-electron chi connectivity index (χ1n) is 6.98. The molecule has 2 aliphatic rings. The Morgan fingerprint density at radius 3 is 2.77 bits per heavy atom. The maximum absolute atomic E-state index is 13.0. The Balaban J connectivity index is 1.55. The summed E-state index contributed by atoms with van der Waals surface area (Å²) in [6.45, 7) is 3.54. The van der Waals surface area contributed by atoms with Gasteiger partial charge < -0.3 is 15.4 Å². The van der Waals surface area contributed by atoms with Crippen LogP contribution in [0, 0.1) is 5.82 Å². The molecule has 0 saturated heterocycles. The van der Waals surface area contributed by atoms with Gasteiger partial charge in [-0.3, -0.25) is 4.79 Å². The second-order valence-corrected chi connectivity index (χ2v) is 5.31. The van der Waals surface area contributed by atoms with Gasteiger partial charge in [0.1, 0.15) is 11.6 Å². The third-order valence-corrected chi connectivity index (χ3v) is 3.61. The molecule has 114 valence electrons. The zero-order valence-corrected chi connectivity index (χ0v) is 11.9. The summed E-state index contributed by atoms with van der Waals surface area (Å²) in [7, 11) is 0. The molecule has 0 aromatic heterocycles. The van der Waals surface area contributed by atoms with Crippen LogP contribution in [-0.2, 0) is 15.1 Å². The smallest absolute Gasteiger partial charge is 0.258 e. The van der Waals surface area contributed by atoms with E-state index in [1.807, 2.05) is 0 Å². The summed E-state index contributed by atoms with van der Waals surface area (Å²) in [5.41, 5.74) is 0.533. The first-order chi connectivity index (χ1) is 10.6. The third kappa shape index (κ3) is 3.16. The normalized spacial score (nSPS) is 18.2. The maximum atomic E-state index is 13.0. The van der Waals surface area contributed by atoms with E-state index in [-0.39, 0.29) is 23.9 Å². The van der Waals surface area contributed by atoms with Gasteiger partial charge in [0.2, 0.25) is 0 Å². The second kappa shape index (κ2) is 5.63. The molecule has 0 atom stereocenters. The minimum Gasteiger partial charge on any atom is -0.469 e. The molecule has 1 aromatic rings. The molecule has 1 aromatic carbocycles. The van der Waals surface area contributed by atoms with Gasteiger partial charge in [-0.1, -0.05) is 18.7 Å². The van der Waals surface area contributed by atoms with Crippen LogP contribution in [0.4, 0.5) is 4.39 Å². The summed E-state index contributed by atoms with van der Waals surface area (Å²) in [6, 6.07) is 6.21. The van der Waals surface area contributed by atoms with Gasteiger partial charge >= 0.3 is 0 Å². The number of amides is 1. The number of halogens is 1. The van der Waals surface area contributed by atoms with E-state index < -0.39 is 0 Å².